The summed E-state index contributed by atoms with van der Waals surface area (Å²) in [4.78, 5) is 12.8. The summed E-state index contributed by atoms with van der Waals surface area (Å²) >= 11 is 3.94. The van der Waals surface area contributed by atoms with Crippen LogP contribution in [-0.2, 0) is 0 Å². The minimum Gasteiger partial charge on any atom is -0.306 e. The second-order valence-corrected chi connectivity index (χ2v) is 9.80. The lowest BCUT2D eigenvalue weighted by molar-refractivity contribution is 0.102. The highest BCUT2D eigenvalue weighted by molar-refractivity contribution is 8.19. The molecule has 1 amide bonds. The summed E-state index contributed by atoms with van der Waals surface area (Å²) in [6, 6.07) is 16.1. The normalized spacial score (nSPS) is 14.4. The number of nitrogens with one attached hydrogen (secondary N) is 1. The molecule has 0 spiro atoms. The third kappa shape index (κ3) is 4.13. The Bertz CT molecular complexity index is 985. The van der Waals surface area contributed by atoms with Gasteiger partial charge in [0, 0.05) is 23.1 Å². The predicted molar refractivity (Wildman–Crippen MR) is 120 cm³/mol. The molecule has 1 aliphatic heterocycles. The number of amides is 1. The largest absolute Gasteiger partial charge is 0.306 e. The van der Waals surface area contributed by atoms with Crippen molar-refractivity contribution in [3.8, 4) is 5.69 Å². The Hall–Kier alpha value is -2.18. The van der Waals surface area contributed by atoms with Gasteiger partial charge in [0.1, 0.15) is 5.82 Å². The van der Waals surface area contributed by atoms with Crippen molar-refractivity contribution in [3.63, 3.8) is 0 Å². The fraction of sp³-hybridized carbons (Fsp3) is 0.273. The minimum absolute atomic E-state index is 0.121. The van der Waals surface area contributed by atoms with E-state index in [-0.39, 0.29) is 5.91 Å². The smallest absolute Gasteiger partial charge is 0.256 e. The van der Waals surface area contributed by atoms with Crippen molar-refractivity contribution in [1.82, 2.24) is 9.78 Å². The monoisotopic (exact) mass is 409 g/mol. The Morgan fingerprint density at radius 1 is 1.00 bits per heavy atom. The van der Waals surface area contributed by atoms with Gasteiger partial charge >= 0.3 is 0 Å². The number of nitrogens with zero attached hydrogens (tertiary/aromatic N) is 2. The molecule has 4 rings (SSSR count). The number of hydrogen-bond acceptors (Lipinski definition) is 4. The summed E-state index contributed by atoms with van der Waals surface area (Å²) in [7, 11) is 0. The van der Waals surface area contributed by atoms with E-state index in [9.17, 15) is 4.79 Å². The fourth-order valence-corrected chi connectivity index (χ4v) is 6.25. The second-order valence-electron chi connectivity index (χ2n) is 7.08. The van der Waals surface area contributed by atoms with Gasteiger partial charge in [0.15, 0.2) is 0 Å². The summed E-state index contributed by atoms with van der Waals surface area (Å²) in [5, 5.41) is 7.60. The van der Waals surface area contributed by atoms with Crippen LogP contribution in [0.2, 0.25) is 0 Å². The van der Waals surface area contributed by atoms with Crippen molar-refractivity contribution in [1.29, 1.82) is 0 Å². The van der Waals surface area contributed by atoms with Gasteiger partial charge in [0.2, 0.25) is 0 Å². The summed E-state index contributed by atoms with van der Waals surface area (Å²) in [6.45, 7) is 6.06. The van der Waals surface area contributed by atoms with Crippen LogP contribution in [0, 0.1) is 20.8 Å². The van der Waals surface area contributed by atoms with Crippen molar-refractivity contribution >= 4 is 35.2 Å². The second kappa shape index (κ2) is 8.05. The van der Waals surface area contributed by atoms with E-state index in [1.807, 2.05) is 48.6 Å². The van der Waals surface area contributed by atoms with Gasteiger partial charge in [0.25, 0.3) is 5.91 Å². The van der Waals surface area contributed by atoms with Crippen molar-refractivity contribution in [3.05, 3.63) is 76.5 Å². The molecule has 0 unspecified atom stereocenters. The molecule has 1 N–H and O–H groups in total. The molecule has 0 radical (unpaired) electrons. The number of aryl methyl sites for hydroxylation is 3. The molecule has 4 nitrogen and oxygen atoms in total. The number of hydrogen-bond donors (Lipinski definition) is 1. The van der Waals surface area contributed by atoms with Crippen LogP contribution < -0.4 is 5.32 Å². The molecule has 1 fully saturated rings. The summed E-state index contributed by atoms with van der Waals surface area (Å²) < 4.78 is 2.29. The zero-order chi connectivity index (χ0) is 19.7. The van der Waals surface area contributed by atoms with E-state index in [2.05, 4.69) is 54.6 Å². The SMILES string of the molecule is Cc1cc(C)cc(-n2nc(C)cc2NC(=O)c2ccc(C3SCCS3)cc2)c1. The van der Waals surface area contributed by atoms with Crippen LogP contribution in [0.4, 0.5) is 5.82 Å². The molecule has 144 valence electrons. The maximum atomic E-state index is 12.8. The zero-order valence-corrected chi connectivity index (χ0v) is 17.9. The molecular formula is C22H23N3OS2. The molecule has 0 aliphatic carbocycles. The average Bonchev–Trinajstić information content (AvgIpc) is 3.31. The number of rotatable bonds is 4. The van der Waals surface area contributed by atoms with E-state index in [1.165, 1.54) is 28.2 Å². The quantitative estimate of drug-likeness (QED) is 0.615. The Kier molecular flexibility index (Phi) is 5.51. The maximum Gasteiger partial charge on any atom is 0.256 e. The van der Waals surface area contributed by atoms with Crippen molar-refractivity contribution in [2.75, 3.05) is 16.8 Å². The highest BCUT2D eigenvalue weighted by Crippen LogP contribution is 2.45. The van der Waals surface area contributed by atoms with E-state index in [0.29, 0.717) is 16.0 Å². The molecule has 1 saturated heterocycles. The van der Waals surface area contributed by atoms with E-state index in [4.69, 9.17) is 0 Å². The van der Waals surface area contributed by atoms with Crippen molar-refractivity contribution in [2.24, 2.45) is 0 Å². The zero-order valence-electron chi connectivity index (χ0n) is 16.2. The average molecular weight is 410 g/mol. The summed E-state index contributed by atoms with van der Waals surface area (Å²) in [5.74, 6) is 2.95. The molecule has 0 saturated carbocycles. The molecule has 0 atom stereocenters. The minimum atomic E-state index is -0.121. The van der Waals surface area contributed by atoms with Gasteiger partial charge in [-0.25, -0.2) is 4.68 Å². The van der Waals surface area contributed by atoms with Crippen LogP contribution >= 0.6 is 23.5 Å². The number of benzene rings is 2. The topological polar surface area (TPSA) is 46.9 Å². The first-order chi connectivity index (χ1) is 13.5. The van der Waals surface area contributed by atoms with Crippen LogP contribution in [-0.4, -0.2) is 27.2 Å². The van der Waals surface area contributed by atoms with Gasteiger partial charge in [-0.1, -0.05) is 18.2 Å². The number of carbonyl (C=O) groups is 1. The molecule has 1 aliphatic rings. The number of carbonyl (C=O) groups excluding carboxylic acids is 1. The molecule has 28 heavy (non-hydrogen) atoms. The van der Waals surface area contributed by atoms with Gasteiger partial charge < -0.3 is 5.32 Å². The van der Waals surface area contributed by atoms with Crippen LogP contribution in [0.3, 0.4) is 0 Å². The maximum absolute atomic E-state index is 12.8. The van der Waals surface area contributed by atoms with Gasteiger partial charge in [-0.3, -0.25) is 4.79 Å². The lowest BCUT2D eigenvalue weighted by Crippen LogP contribution is -2.15. The van der Waals surface area contributed by atoms with Crippen LogP contribution in [0.5, 0.6) is 0 Å². The van der Waals surface area contributed by atoms with Crippen LogP contribution in [0.1, 0.15) is 37.3 Å². The fourth-order valence-electron chi connectivity index (χ4n) is 3.39. The van der Waals surface area contributed by atoms with E-state index < -0.39 is 0 Å². The van der Waals surface area contributed by atoms with E-state index in [1.54, 1.807) is 4.68 Å². The first-order valence-electron chi connectivity index (χ1n) is 9.29. The van der Waals surface area contributed by atoms with Crippen molar-refractivity contribution < 1.29 is 4.79 Å². The van der Waals surface area contributed by atoms with Crippen LogP contribution in [0.15, 0.2) is 48.5 Å². The number of aromatic nitrogens is 2. The first kappa shape index (κ1) is 19.2. The summed E-state index contributed by atoms with van der Waals surface area (Å²) in [6.07, 6.45) is 0. The van der Waals surface area contributed by atoms with E-state index >= 15 is 0 Å². The molecule has 6 heteroatoms. The van der Waals surface area contributed by atoms with Gasteiger partial charge in [-0.05, 0) is 61.7 Å². The molecule has 3 aromatic rings. The van der Waals surface area contributed by atoms with Gasteiger partial charge in [-0.2, -0.15) is 5.10 Å². The Morgan fingerprint density at radius 2 is 1.64 bits per heavy atom. The lowest BCUT2D eigenvalue weighted by Gasteiger charge is -2.12. The Labute approximate surface area is 174 Å². The number of thioether (sulfide) groups is 2. The molecule has 1 aromatic heterocycles. The third-order valence-corrected chi connectivity index (χ3v) is 7.70. The summed E-state index contributed by atoms with van der Waals surface area (Å²) in [5.41, 5.74) is 6.08. The molecule has 2 heterocycles. The van der Waals surface area contributed by atoms with Crippen LogP contribution in [0.25, 0.3) is 5.69 Å². The lowest BCUT2D eigenvalue weighted by atomic mass is 10.1. The highest BCUT2D eigenvalue weighted by atomic mass is 32.2. The third-order valence-electron chi connectivity index (χ3n) is 4.59. The number of anilines is 1. The predicted octanol–water partition coefficient (Wildman–Crippen LogP) is 5.53. The van der Waals surface area contributed by atoms with Gasteiger partial charge in [0.05, 0.1) is 16.0 Å². The standard InChI is InChI=1S/C22H23N3OS2/c1-14-10-15(2)12-19(11-14)25-20(13-16(3)24-25)23-21(26)17-4-6-18(7-5-17)22-27-8-9-28-22/h4-7,10-13,22H,8-9H2,1-3H3,(H,23,26). The van der Waals surface area contributed by atoms with Crippen molar-refractivity contribution in [2.45, 2.75) is 25.4 Å². The molecule has 2 aromatic carbocycles. The van der Waals surface area contributed by atoms with Gasteiger partial charge in [-0.15, -0.1) is 23.5 Å². The Balaban J connectivity index is 1.56. The highest BCUT2D eigenvalue weighted by Gasteiger charge is 2.19. The molecule has 0 bridgehead atoms. The Morgan fingerprint density at radius 3 is 2.29 bits per heavy atom. The molecular weight excluding hydrogens is 386 g/mol. The first-order valence-corrected chi connectivity index (χ1v) is 11.4. The van der Waals surface area contributed by atoms with E-state index in [0.717, 1.165) is 11.4 Å².